The van der Waals surface area contributed by atoms with Crippen molar-refractivity contribution in [1.82, 2.24) is 4.90 Å². The normalized spacial score (nSPS) is 13.5. The van der Waals surface area contributed by atoms with E-state index in [0.717, 1.165) is 18.4 Å². The number of nitro groups is 1. The molecule has 0 aliphatic heterocycles. The molecule has 7 heteroatoms. The number of non-ortho nitro benzene ring substituents is 1. The van der Waals surface area contributed by atoms with E-state index in [1.807, 2.05) is 0 Å². The number of nitro benzene ring substituents is 1. The Morgan fingerprint density at radius 2 is 1.85 bits per heavy atom. The van der Waals surface area contributed by atoms with Gasteiger partial charge in [0.1, 0.15) is 5.58 Å². The predicted octanol–water partition coefficient (Wildman–Crippen LogP) is 3.51. The maximum Gasteiger partial charge on any atom is 0.290 e. The van der Waals surface area contributed by atoms with E-state index in [-0.39, 0.29) is 28.8 Å². The SMILES string of the molecule is O=C(c1cc(=O)c2ccccc2o1)N(Cc1ccc([N+](=O)[O-])cc1)C1CC1. The van der Waals surface area contributed by atoms with E-state index < -0.39 is 4.92 Å². The van der Waals surface area contributed by atoms with Gasteiger partial charge in [-0.05, 0) is 30.5 Å². The number of hydrogen-bond acceptors (Lipinski definition) is 5. The minimum absolute atomic E-state index is 0.00331. The molecule has 1 aromatic heterocycles. The van der Waals surface area contributed by atoms with E-state index in [2.05, 4.69) is 0 Å². The molecule has 0 radical (unpaired) electrons. The van der Waals surface area contributed by atoms with Crippen molar-refractivity contribution in [2.75, 3.05) is 0 Å². The Balaban J connectivity index is 1.63. The fourth-order valence-corrected chi connectivity index (χ4v) is 3.02. The molecule has 3 aromatic rings. The van der Waals surface area contributed by atoms with Crippen LogP contribution in [0.25, 0.3) is 11.0 Å². The van der Waals surface area contributed by atoms with Crippen LogP contribution < -0.4 is 5.43 Å². The Labute approximate surface area is 154 Å². The van der Waals surface area contributed by atoms with Crippen LogP contribution in [0.4, 0.5) is 5.69 Å². The highest BCUT2D eigenvalue weighted by molar-refractivity contribution is 5.93. The molecule has 0 unspecified atom stereocenters. The van der Waals surface area contributed by atoms with Gasteiger partial charge in [-0.25, -0.2) is 0 Å². The molecule has 0 saturated heterocycles. The number of nitrogens with zero attached hydrogens (tertiary/aromatic N) is 2. The number of fused-ring (bicyclic) bond motifs is 1. The minimum atomic E-state index is -0.461. The van der Waals surface area contributed by atoms with Crippen LogP contribution >= 0.6 is 0 Å². The minimum Gasteiger partial charge on any atom is -0.451 e. The molecular weight excluding hydrogens is 348 g/mol. The van der Waals surface area contributed by atoms with Crippen molar-refractivity contribution in [3.8, 4) is 0 Å². The van der Waals surface area contributed by atoms with Crippen molar-refractivity contribution in [2.45, 2.75) is 25.4 Å². The molecule has 27 heavy (non-hydrogen) atoms. The summed E-state index contributed by atoms with van der Waals surface area (Å²) < 4.78 is 5.67. The van der Waals surface area contributed by atoms with E-state index >= 15 is 0 Å². The summed E-state index contributed by atoms with van der Waals surface area (Å²) in [5.41, 5.74) is 0.901. The fourth-order valence-electron chi connectivity index (χ4n) is 3.02. The summed E-state index contributed by atoms with van der Waals surface area (Å²) in [6, 6.07) is 14.2. The van der Waals surface area contributed by atoms with Gasteiger partial charge in [-0.2, -0.15) is 0 Å². The quantitative estimate of drug-likeness (QED) is 0.510. The summed E-state index contributed by atoms with van der Waals surface area (Å²) in [5.74, 6) is -0.341. The third-order valence-electron chi connectivity index (χ3n) is 4.59. The summed E-state index contributed by atoms with van der Waals surface area (Å²) in [4.78, 5) is 37.2. The van der Waals surface area contributed by atoms with Gasteiger partial charge in [-0.15, -0.1) is 0 Å². The topological polar surface area (TPSA) is 93.7 Å². The molecule has 1 aliphatic rings. The zero-order valence-electron chi connectivity index (χ0n) is 14.3. The van der Waals surface area contributed by atoms with Crippen LogP contribution in [0.3, 0.4) is 0 Å². The third kappa shape index (κ3) is 3.44. The second-order valence-electron chi connectivity index (χ2n) is 6.56. The summed E-state index contributed by atoms with van der Waals surface area (Å²) in [6.07, 6.45) is 1.77. The van der Waals surface area contributed by atoms with E-state index in [9.17, 15) is 19.7 Å². The molecule has 7 nitrogen and oxygen atoms in total. The standard InChI is InChI=1S/C20H16N2O5/c23-17-11-19(27-18-4-2-1-3-16(17)18)20(24)21(14-9-10-14)12-13-5-7-15(8-6-13)22(25)26/h1-8,11,14H,9-10,12H2. The Hall–Kier alpha value is -3.48. The smallest absolute Gasteiger partial charge is 0.290 e. The van der Waals surface area contributed by atoms with Gasteiger partial charge in [0.2, 0.25) is 0 Å². The lowest BCUT2D eigenvalue weighted by atomic mass is 10.1. The van der Waals surface area contributed by atoms with Crippen molar-refractivity contribution < 1.29 is 14.1 Å². The van der Waals surface area contributed by atoms with Crippen LogP contribution in [0.2, 0.25) is 0 Å². The molecule has 4 rings (SSSR count). The second kappa shape index (κ2) is 6.68. The number of carbonyl (C=O) groups is 1. The van der Waals surface area contributed by atoms with Gasteiger partial charge in [0.25, 0.3) is 11.6 Å². The van der Waals surface area contributed by atoms with E-state index in [1.165, 1.54) is 18.2 Å². The number of rotatable bonds is 5. The van der Waals surface area contributed by atoms with Crippen LogP contribution in [-0.4, -0.2) is 21.8 Å². The molecule has 1 aliphatic carbocycles. The number of carbonyl (C=O) groups excluding carboxylic acids is 1. The summed E-state index contributed by atoms with van der Waals surface area (Å²) in [6.45, 7) is 0.304. The number of benzene rings is 2. The highest BCUT2D eigenvalue weighted by atomic mass is 16.6. The van der Waals surface area contributed by atoms with Crippen molar-refractivity contribution in [1.29, 1.82) is 0 Å². The molecule has 0 spiro atoms. The molecule has 136 valence electrons. The molecule has 1 saturated carbocycles. The van der Waals surface area contributed by atoms with E-state index in [0.29, 0.717) is 17.5 Å². The first kappa shape index (κ1) is 17.0. The second-order valence-corrected chi connectivity index (χ2v) is 6.56. The van der Waals surface area contributed by atoms with Crippen LogP contribution in [0.1, 0.15) is 29.0 Å². The van der Waals surface area contributed by atoms with Gasteiger partial charge in [0, 0.05) is 30.8 Å². The highest BCUT2D eigenvalue weighted by Crippen LogP contribution is 2.30. The fraction of sp³-hybridized carbons (Fsp3) is 0.200. The van der Waals surface area contributed by atoms with Crippen molar-refractivity contribution in [2.24, 2.45) is 0 Å². The summed E-state index contributed by atoms with van der Waals surface area (Å²) >= 11 is 0. The van der Waals surface area contributed by atoms with Crippen molar-refractivity contribution in [3.05, 3.63) is 86.3 Å². The monoisotopic (exact) mass is 364 g/mol. The Kier molecular flexibility index (Phi) is 4.19. The van der Waals surface area contributed by atoms with Gasteiger partial charge < -0.3 is 9.32 Å². The van der Waals surface area contributed by atoms with Crippen LogP contribution in [0.15, 0.2) is 63.8 Å². The van der Waals surface area contributed by atoms with Gasteiger partial charge in [0.15, 0.2) is 11.2 Å². The van der Waals surface area contributed by atoms with Gasteiger partial charge in [0.05, 0.1) is 10.3 Å². The molecule has 2 aromatic carbocycles. The lowest BCUT2D eigenvalue weighted by Gasteiger charge is -2.22. The average Bonchev–Trinajstić information content (AvgIpc) is 3.51. The van der Waals surface area contributed by atoms with Gasteiger partial charge in [-0.1, -0.05) is 24.3 Å². The number of amides is 1. The van der Waals surface area contributed by atoms with Gasteiger partial charge >= 0.3 is 0 Å². The average molecular weight is 364 g/mol. The maximum atomic E-state index is 13.0. The molecule has 1 amide bonds. The first-order chi connectivity index (χ1) is 13.0. The van der Waals surface area contributed by atoms with Crippen LogP contribution in [-0.2, 0) is 6.54 Å². The van der Waals surface area contributed by atoms with Crippen molar-refractivity contribution >= 4 is 22.6 Å². The van der Waals surface area contributed by atoms with E-state index in [4.69, 9.17) is 4.42 Å². The molecule has 1 fully saturated rings. The molecule has 1 heterocycles. The number of para-hydroxylation sites is 1. The van der Waals surface area contributed by atoms with Crippen LogP contribution in [0.5, 0.6) is 0 Å². The number of hydrogen-bond donors (Lipinski definition) is 0. The predicted molar refractivity (Wildman–Crippen MR) is 98.5 cm³/mol. The Bertz CT molecular complexity index is 1080. The molecule has 0 bridgehead atoms. The first-order valence-electron chi connectivity index (χ1n) is 8.60. The zero-order chi connectivity index (χ0) is 19.0. The van der Waals surface area contributed by atoms with Gasteiger partial charge in [-0.3, -0.25) is 19.7 Å². The lowest BCUT2D eigenvalue weighted by molar-refractivity contribution is -0.384. The third-order valence-corrected chi connectivity index (χ3v) is 4.59. The summed E-state index contributed by atoms with van der Waals surface area (Å²) in [5, 5.41) is 11.2. The lowest BCUT2D eigenvalue weighted by Crippen LogP contribution is -2.33. The maximum absolute atomic E-state index is 13.0. The van der Waals surface area contributed by atoms with E-state index in [1.54, 1.807) is 41.3 Å². The summed E-state index contributed by atoms with van der Waals surface area (Å²) in [7, 11) is 0. The zero-order valence-corrected chi connectivity index (χ0v) is 14.3. The molecular formula is C20H16N2O5. The molecule has 0 N–H and O–H groups in total. The van der Waals surface area contributed by atoms with Crippen LogP contribution in [0, 0.1) is 10.1 Å². The first-order valence-corrected chi connectivity index (χ1v) is 8.60. The molecule has 0 atom stereocenters. The largest absolute Gasteiger partial charge is 0.451 e. The Morgan fingerprint density at radius 1 is 1.15 bits per heavy atom. The van der Waals surface area contributed by atoms with Crippen molar-refractivity contribution in [3.63, 3.8) is 0 Å². The highest BCUT2D eigenvalue weighted by Gasteiger charge is 2.34. The Morgan fingerprint density at radius 3 is 2.52 bits per heavy atom.